The van der Waals surface area contributed by atoms with Crippen LogP contribution in [0.15, 0.2) is 30.3 Å². The average Bonchev–Trinajstić information content (AvgIpc) is 3.07. The lowest BCUT2D eigenvalue weighted by molar-refractivity contribution is -0.132. The van der Waals surface area contributed by atoms with Crippen molar-refractivity contribution < 1.29 is 14.3 Å². The Morgan fingerprint density at radius 3 is 2.91 bits per heavy atom. The van der Waals surface area contributed by atoms with Gasteiger partial charge in [-0.1, -0.05) is 30.3 Å². The highest BCUT2D eigenvalue weighted by atomic mass is 16.5. The number of ether oxygens (including phenoxy) is 2. The van der Waals surface area contributed by atoms with E-state index in [1.165, 1.54) is 5.56 Å². The molecule has 0 aromatic heterocycles. The molecule has 1 saturated heterocycles. The Hall–Kier alpha value is -1.43. The first-order chi connectivity index (χ1) is 10.8. The zero-order valence-electron chi connectivity index (χ0n) is 13.3. The summed E-state index contributed by atoms with van der Waals surface area (Å²) in [6.45, 7) is 3.80. The second kappa shape index (κ2) is 9.56. The Kier molecular flexibility index (Phi) is 7.36. The van der Waals surface area contributed by atoms with Gasteiger partial charge in [-0.2, -0.15) is 0 Å². The topological polar surface area (TPSA) is 50.8 Å². The van der Waals surface area contributed by atoms with Crippen LogP contribution in [0.5, 0.6) is 0 Å². The van der Waals surface area contributed by atoms with Crippen LogP contribution < -0.4 is 5.32 Å². The lowest BCUT2D eigenvalue weighted by Crippen LogP contribution is -2.46. The molecule has 0 bridgehead atoms. The molecule has 2 rings (SSSR count). The van der Waals surface area contributed by atoms with Crippen molar-refractivity contribution in [2.75, 3.05) is 46.6 Å². The SMILES string of the molecule is COCCNCC(=O)N(CCc1ccccc1)C1CCOC1. The number of hydrogen-bond acceptors (Lipinski definition) is 4. The van der Waals surface area contributed by atoms with Crippen LogP contribution in [-0.4, -0.2) is 63.4 Å². The molecule has 0 radical (unpaired) electrons. The maximum Gasteiger partial charge on any atom is 0.236 e. The molecule has 0 aliphatic carbocycles. The summed E-state index contributed by atoms with van der Waals surface area (Å²) in [5, 5.41) is 3.13. The van der Waals surface area contributed by atoms with Gasteiger partial charge in [-0.05, 0) is 18.4 Å². The molecule has 5 heteroatoms. The fraction of sp³-hybridized carbons (Fsp3) is 0.588. The van der Waals surface area contributed by atoms with E-state index in [1.807, 2.05) is 23.1 Å². The van der Waals surface area contributed by atoms with E-state index in [2.05, 4.69) is 17.4 Å². The van der Waals surface area contributed by atoms with Gasteiger partial charge in [-0.15, -0.1) is 0 Å². The maximum absolute atomic E-state index is 12.5. The Labute approximate surface area is 132 Å². The van der Waals surface area contributed by atoms with Crippen LogP contribution in [0.2, 0.25) is 0 Å². The molecule has 1 heterocycles. The number of carbonyl (C=O) groups is 1. The summed E-state index contributed by atoms with van der Waals surface area (Å²) in [5.74, 6) is 0.141. The van der Waals surface area contributed by atoms with Crippen LogP contribution in [0.25, 0.3) is 0 Å². The van der Waals surface area contributed by atoms with Crippen LogP contribution in [0.3, 0.4) is 0 Å². The minimum absolute atomic E-state index is 0.141. The molecule has 1 unspecified atom stereocenters. The Morgan fingerprint density at radius 1 is 1.41 bits per heavy atom. The third kappa shape index (κ3) is 5.40. The number of carbonyl (C=O) groups excluding carboxylic acids is 1. The van der Waals surface area contributed by atoms with E-state index in [1.54, 1.807) is 7.11 Å². The number of hydrogen-bond donors (Lipinski definition) is 1. The van der Waals surface area contributed by atoms with Gasteiger partial charge in [0, 0.05) is 26.8 Å². The van der Waals surface area contributed by atoms with Gasteiger partial charge < -0.3 is 19.7 Å². The third-order valence-corrected chi connectivity index (χ3v) is 3.91. The van der Waals surface area contributed by atoms with Gasteiger partial charge in [0.2, 0.25) is 5.91 Å². The van der Waals surface area contributed by atoms with E-state index in [9.17, 15) is 4.79 Å². The molecular weight excluding hydrogens is 280 g/mol. The van der Waals surface area contributed by atoms with E-state index in [4.69, 9.17) is 9.47 Å². The first-order valence-corrected chi connectivity index (χ1v) is 7.92. The molecule has 0 spiro atoms. The van der Waals surface area contributed by atoms with Crippen LogP contribution in [0.1, 0.15) is 12.0 Å². The van der Waals surface area contributed by atoms with Crippen molar-refractivity contribution >= 4 is 5.91 Å². The van der Waals surface area contributed by atoms with Gasteiger partial charge in [0.15, 0.2) is 0 Å². The first kappa shape index (κ1) is 16.9. The summed E-state index contributed by atoms with van der Waals surface area (Å²) in [6, 6.07) is 10.5. The van der Waals surface area contributed by atoms with Crippen molar-refractivity contribution in [2.24, 2.45) is 0 Å². The molecule has 1 aromatic carbocycles. The Bertz CT molecular complexity index is 433. The number of nitrogens with one attached hydrogen (secondary N) is 1. The first-order valence-electron chi connectivity index (χ1n) is 7.92. The van der Waals surface area contributed by atoms with Gasteiger partial charge in [0.25, 0.3) is 0 Å². The van der Waals surface area contributed by atoms with Crippen molar-refractivity contribution in [1.29, 1.82) is 0 Å². The zero-order valence-corrected chi connectivity index (χ0v) is 13.3. The number of rotatable bonds is 9. The van der Waals surface area contributed by atoms with Gasteiger partial charge >= 0.3 is 0 Å². The van der Waals surface area contributed by atoms with Crippen LogP contribution >= 0.6 is 0 Å². The predicted molar refractivity (Wildman–Crippen MR) is 85.8 cm³/mol. The predicted octanol–water partition coefficient (Wildman–Crippen LogP) is 1.08. The van der Waals surface area contributed by atoms with Crippen molar-refractivity contribution in [3.8, 4) is 0 Å². The van der Waals surface area contributed by atoms with E-state index in [0.717, 1.165) is 26.0 Å². The summed E-state index contributed by atoms with van der Waals surface area (Å²) in [6.07, 6.45) is 1.81. The quantitative estimate of drug-likeness (QED) is 0.694. The normalized spacial score (nSPS) is 17.6. The molecular formula is C17H26N2O3. The second-order valence-electron chi connectivity index (χ2n) is 5.51. The highest BCUT2D eigenvalue weighted by Gasteiger charge is 2.26. The fourth-order valence-corrected chi connectivity index (χ4v) is 2.64. The van der Waals surface area contributed by atoms with Crippen molar-refractivity contribution in [2.45, 2.75) is 18.9 Å². The van der Waals surface area contributed by atoms with Gasteiger partial charge in [0.05, 0.1) is 25.8 Å². The van der Waals surface area contributed by atoms with E-state index < -0.39 is 0 Å². The molecule has 1 aromatic rings. The molecule has 5 nitrogen and oxygen atoms in total. The smallest absolute Gasteiger partial charge is 0.236 e. The molecule has 22 heavy (non-hydrogen) atoms. The molecule has 1 amide bonds. The largest absolute Gasteiger partial charge is 0.383 e. The highest BCUT2D eigenvalue weighted by Crippen LogP contribution is 2.14. The summed E-state index contributed by atoms with van der Waals surface area (Å²) in [4.78, 5) is 14.5. The molecule has 122 valence electrons. The van der Waals surface area contributed by atoms with E-state index >= 15 is 0 Å². The third-order valence-electron chi connectivity index (χ3n) is 3.91. The van der Waals surface area contributed by atoms with Crippen LogP contribution in [0.4, 0.5) is 0 Å². The average molecular weight is 306 g/mol. The fourth-order valence-electron chi connectivity index (χ4n) is 2.64. The molecule has 1 aliphatic rings. The van der Waals surface area contributed by atoms with Crippen LogP contribution in [-0.2, 0) is 20.7 Å². The van der Waals surface area contributed by atoms with Crippen molar-refractivity contribution in [1.82, 2.24) is 10.2 Å². The highest BCUT2D eigenvalue weighted by molar-refractivity contribution is 5.78. The molecule has 1 fully saturated rings. The molecule has 1 atom stereocenters. The monoisotopic (exact) mass is 306 g/mol. The standard InChI is InChI=1S/C17H26N2O3/c1-21-12-9-18-13-17(20)19(16-8-11-22-14-16)10-7-15-5-3-2-4-6-15/h2-6,16,18H,7-14H2,1H3. The number of methoxy groups -OCH3 is 1. The minimum atomic E-state index is 0.141. The zero-order chi connectivity index (χ0) is 15.6. The summed E-state index contributed by atoms with van der Waals surface area (Å²) >= 11 is 0. The molecule has 0 saturated carbocycles. The van der Waals surface area contributed by atoms with E-state index in [-0.39, 0.29) is 11.9 Å². The van der Waals surface area contributed by atoms with Gasteiger partial charge in [-0.3, -0.25) is 4.79 Å². The number of amides is 1. The number of benzene rings is 1. The van der Waals surface area contributed by atoms with Crippen LogP contribution in [0, 0.1) is 0 Å². The lowest BCUT2D eigenvalue weighted by atomic mass is 10.1. The molecule has 1 N–H and O–H groups in total. The Balaban J connectivity index is 1.86. The lowest BCUT2D eigenvalue weighted by Gasteiger charge is -2.28. The van der Waals surface area contributed by atoms with Gasteiger partial charge in [0.1, 0.15) is 0 Å². The van der Waals surface area contributed by atoms with Gasteiger partial charge in [-0.25, -0.2) is 0 Å². The van der Waals surface area contributed by atoms with Crippen molar-refractivity contribution in [3.05, 3.63) is 35.9 Å². The van der Waals surface area contributed by atoms with E-state index in [0.29, 0.717) is 26.3 Å². The summed E-state index contributed by atoms with van der Waals surface area (Å²) < 4.78 is 10.4. The summed E-state index contributed by atoms with van der Waals surface area (Å²) in [7, 11) is 1.66. The summed E-state index contributed by atoms with van der Waals surface area (Å²) in [5.41, 5.74) is 1.26. The number of nitrogens with zero attached hydrogens (tertiary/aromatic N) is 1. The Morgan fingerprint density at radius 2 is 2.23 bits per heavy atom. The molecule has 1 aliphatic heterocycles. The minimum Gasteiger partial charge on any atom is -0.383 e. The van der Waals surface area contributed by atoms with Crippen molar-refractivity contribution in [3.63, 3.8) is 0 Å². The maximum atomic E-state index is 12.5. The second-order valence-corrected chi connectivity index (χ2v) is 5.51.